The van der Waals surface area contributed by atoms with E-state index in [9.17, 15) is 5.11 Å². The number of phenolic OH excluding ortho intramolecular Hbond substituents is 1. The van der Waals surface area contributed by atoms with Crippen LogP contribution in [0.25, 0.3) is 53.8 Å². The number of nitrogens with zero attached hydrogens (tertiary/aromatic N) is 2. The van der Waals surface area contributed by atoms with Crippen molar-refractivity contribution >= 4 is 44.2 Å². The second kappa shape index (κ2) is 12.2. The Morgan fingerprint density at radius 1 is 0.604 bits per heavy atom. The van der Waals surface area contributed by atoms with Crippen LogP contribution < -0.4 is 0 Å². The molecule has 0 radical (unpaired) electrons. The van der Waals surface area contributed by atoms with Gasteiger partial charge in [0.2, 0.25) is 0 Å². The van der Waals surface area contributed by atoms with Crippen molar-refractivity contribution in [3.63, 3.8) is 0 Å². The fraction of sp³-hybridized carbons (Fsp3) is 0.182. The molecule has 0 aliphatic carbocycles. The van der Waals surface area contributed by atoms with Crippen LogP contribution >= 0.6 is 11.3 Å². The molecule has 0 aliphatic rings. The minimum atomic E-state index is -0.0339. The van der Waals surface area contributed by atoms with Crippen LogP contribution in [0.4, 0.5) is 5.69 Å². The van der Waals surface area contributed by atoms with Crippen LogP contribution in [0.1, 0.15) is 58.2 Å². The highest BCUT2D eigenvalue weighted by molar-refractivity contribution is 7.21. The monoisotopic (exact) mass is 644 g/mol. The number of fused-ring (bicyclic) bond motifs is 2. The zero-order chi connectivity index (χ0) is 33.6. The van der Waals surface area contributed by atoms with Gasteiger partial charge in [0.25, 0.3) is 0 Å². The molecule has 238 valence electrons. The average Bonchev–Trinajstić information content (AvgIpc) is 3.51. The van der Waals surface area contributed by atoms with Crippen molar-refractivity contribution in [3.8, 4) is 38.6 Å². The van der Waals surface area contributed by atoms with E-state index in [2.05, 4.69) is 126 Å². The van der Waals surface area contributed by atoms with E-state index in [0.29, 0.717) is 5.56 Å². The van der Waals surface area contributed by atoms with E-state index in [1.165, 1.54) is 27.5 Å². The number of aliphatic imine (C=N–C) groups is 1. The fourth-order valence-electron chi connectivity index (χ4n) is 6.06. The van der Waals surface area contributed by atoms with Crippen molar-refractivity contribution in [2.24, 2.45) is 4.99 Å². The Balaban J connectivity index is 1.33. The van der Waals surface area contributed by atoms with E-state index in [1.807, 2.05) is 30.3 Å². The maximum Gasteiger partial charge on any atom is 0.126 e. The van der Waals surface area contributed by atoms with E-state index in [4.69, 9.17) is 9.98 Å². The lowest BCUT2D eigenvalue weighted by Crippen LogP contribution is -2.11. The van der Waals surface area contributed by atoms with E-state index in [1.54, 1.807) is 23.6 Å². The molecule has 0 saturated heterocycles. The van der Waals surface area contributed by atoms with E-state index < -0.39 is 0 Å². The van der Waals surface area contributed by atoms with Crippen molar-refractivity contribution in [3.05, 3.63) is 138 Å². The Morgan fingerprint density at radius 3 is 2.10 bits per heavy atom. The minimum Gasteiger partial charge on any atom is -0.507 e. The lowest BCUT2D eigenvalue weighted by atomic mass is 9.85. The van der Waals surface area contributed by atoms with Gasteiger partial charge in [-0.2, -0.15) is 0 Å². The SMILES string of the molecule is CC(C)(C)c1ccc(O)c(C=Nc2ccccc2-c2nc3c(-c4cccc(-c5ccc6ccccc6c5)c4)cc(C(C)(C)C)cc3s2)c1. The third-order valence-corrected chi connectivity index (χ3v) is 10.0. The molecular formula is C44H40N2OS. The van der Waals surface area contributed by atoms with Gasteiger partial charge in [-0.3, -0.25) is 4.99 Å². The molecule has 0 atom stereocenters. The number of benzene rings is 6. The summed E-state index contributed by atoms with van der Waals surface area (Å²) in [6.45, 7) is 13.3. The molecule has 1 N–H and O–H groups in total. The Hall–Kier alpha value is -5.06. The Labute approximate surface area is 287 Å². The van der Waals surface area contributed by atoms with E-state index in [-0.39, 0.29) is 16.6 Å². The first-order chi connectivity index (χ1) is 22.9. The van der Waals surface area contributed by atoms with Gasteiger partial charge in [-0.05, 0) is 98.0 Å². The van der Waals surface area contributed by atoms with Crippen LogP contribution in [0.2, 0.25) is 0 Å². The molecule has 1 aromatic heterocycles. The number of para-hydroxylation sites is 1. The lowest BCUT2D eigenvalue weighted by molar-refractivity contribution is 0.473. The number of aromatic nitrogens is 1. The Bertz CT molecular complexity index is 2330. The number of hydrogen-bond acceptors (Lipinski definition) is 4. The van der Waals surface area contributed by atoms with Gasteiger partial charge in [-0.1, -0.05) is 114 Å². The van der Waals surface area contributed by atoms with Crippen molar-refractivity contribution in [1.82, 2.24) is 4.98 Å². The fourth-order valence-corrected chi connectivity index (χ4v) is 7.13. The van der Waals surface area contributed by atoms with Gasteiger partial charge in [0.15, 0.2) is 0 Å². The maximum atomic E-state index is 10.6. The molecule has 0 aliphatic heterocycles. The van der Waals surface area contributed by atoms with E-state index >= 15 is 0 Å². The second-order valence-electron chi connectivity index (χ2n) is 14.6. The van der Waals surface area contributed by atoms with Crippen molar-refractivity contribution in [1.29, 1.82) is 0 Å². The number of hydrogen-bond donors (Lipinski definition) is 1. The zero-order valence-electron chi connectivity index (χ0n) is 28.4. The molecular weight excluding hydrogens is 605 g/mol. The van der Waals surface area contributed by atoms with Gasteiger partial charge in [0.1, 0.15) is 10.8 Å². The third-order valence-electron chi connectivity index (χ3n) is 8.99. The summed E-state index contributed by atoms with van der Waals surface area (Å²) in [5.74, 6) is 0.217. The van der Waals surface area contributed by atoms with Gasteiger partial charge in [-0.25, -0.2) is 4.98 Å². The van der Waals surface area contributed by atoms with Crippen LogP contribution in [0.3, 0.4) is 0 Å². The minimum absolute atomic E-state index is 0.0329. The van der Waals surface area contributed by atoms with Crippen LogP contribution in [-0.4, -0.2) is 16.3 Å². The predicted molar refractivity (Wildman–Crippen MR) is 206 cm³/mol. The van der Waals surface area contributed by atoms with Crippen molar-refractivity contribution < 1.29 is 5.11 Å². The molecule has 0 spiro atoms. The van der Waals surface area contributed by atoms with Crippen molar-refractivity contribution in [2.75, 3.05) is 0 Å². The number of rotatable bonds is 5. The molecule has 4 heteroatoms. The molecule has 7 aromatic rings. The lowest BCUT2D eigenvalue weighted by Gasteiger charge is -2.20. The van der Waals surface area contributed by atoms with Gasteiger partial charge < -0.3 is 5.11 Å². The molecule has 0 fully saturated rings. The first kappa shape index (κ1) is 31.5. The normalized spacial score (nSPS) is 12.4. The highest BCUT2D eigenvalue weighted by Crippen LogP contribution is 2.42. The summed E-state index contributed by atoms with van der Waals surface area (Å²) in [7, 11) is 0. The summed E-state index contributed by atoms with van der Waals surface area (Å²) in [5, 5.41) is 14.0. The quantitative estimate of drug-likeness (QED) is 0.190. The van der Waals surface area contributed by atoms with Crippen LogP contribution in [0.5, 0.6) is 5.75 Å². The molecule has 0 amide bonds. The summed E-state index contributed by atoms with van der Waals surface area (Å²) in [4.78, 5) is 10.2. The Morgan fingerprint density at radius 2 is 1.31 bits per heavy atom. The maximum absolute atomic E-state index is 10.6. The van der Waals surface area contributed by atoms with Gasteiger partial charge in [-0.15, -0.1) is 11.3 Å². The summed E-state index contributed by atoms with van der Waals surface area (Å²) in [6, 6.07) is 42.5. The molecule has 1 heterocycles. The Kier molecular flexibility index (Phi) is 8.01. The van der Waals surface area contributed by atoms with Crippen LogP contribution in [0, 0.1) is 0 Å². The summed E-state index contributed by atoms with van der Waals surface area (Å²) < 4.78 is 1.15. The summed E-state index contributed by atoms with van der Waals surface area (Å²) >= 11 is 1.70. The zero-order valence-corrected chi connectivity index (χ0v) is 29.2. The van der Waals surface area contributed by atoms with Gasteiger partial charge in [0.05, 0.1) is 15.9 Å². The topological polar surface area (TPSA) is 45.5 Å². The third kappa shape index (κ3) is 6.28. The molecule has 7 rings (SSSR count). The molecule has 0 unspecified atom stereocenters. The highest BCUT2D eigenvalue weighted by atomic mass is 32.1. The molecule has 3 nitrogen and oxygen atoms in total. The summed E-state index contributed by atoms with van der Waals surface area (Å²) in [6.07, 6.45) is 1.76. The summed E-state index contributed by atoms with van der Waals surface area (Å²) in [5.41, 5.74) is 10.5. The van der Waals surface area contributed by atoms with Gasteiger partial charge >= 0.3 is 0 Å². The molecule has 48 heavy (non-hydrogen) atoms. The van der Waals surface area contributed by atoms with Crippen LogP contribution in [-0.2, 0) is 10.8 Å². The smallest absolute Gasteiger partial charge is 0.126 e. The first-order valence-corrected chi connectivity index (χ1v) is 17.3. The first-order valence-electron chi connectivity index (χ1n) is 16.5. The molecule has 6 aromatic carbocycles. The van der Waals surface area contributed by atoms with Gasteiger partial charge in [0, 0.05) is 22.9 Å². The number of aromatic hydroxyl groups is 1. The largest absolute Gasteiger partial charge is 0.507 e. The average molecular weight is 645 g/mol. The standard InChI is InChI=1S/C44H40N2OS/c1-43(2,3)34-20-21-39(47)33(24-34)27-45-38-17-10-9-16-36(38)42-46-41-37(25-35(44(4,5)6)26-40(41)48-42)32-15-11-14-30(23-32)31-19-18-28-12-7-8-13-29(28)22-31/h7-27,47H,1-6H3. The van der Waals surface area contributed by atoms with Crippen molar-refractivity contribution in [2.45, 2.75) is 52.4 Å². The van der Waals surface area contributed by atoms with Crippen LogP contribution in [0.15, 0.2) is 126 Å². The second-order valence-corrected chi connectivity index (χ2v) is 15.6. The number of thiazole rings is 1. The molecule has 0 bridgehead atoms. The highest BCUT2D eigenvalue weighted by Gasteiger charge is 2.21. The number of phenols is 1. The van der Waals surface area contributed by atoms with E-state index in [0.717, 1.165) is 43.2 Å². The molecule has 0 saturated carbocycles. The predicted octanol–water partition coefficient (Wildman–Crippen LogP) is 12.5.